The molecule has 4 aliphatic rings. The van der Waals surface area contributed by atoms with Crippen LogP contribution < -0.4 is 16.4 Å². The first-order valence-corrected chi connectivity index (χ1v) is 18.1. The van der Waals surface area contributed by atoms with Crippen LogP contribution in [0.5, 0.6) is 0 Å². The number of likely N-dealkylation sites (tertiary alicyclic amines) is 2. The van der Waals surface area contributed by atoms with Crippen molar-refractivity contribution in [3.63, 3.8) is 0 Å². The van der Waals surface area contributed by atoms with Crippen molar-refractivity contribution >= 4 is 52.2 Å². The zero-order chi connectivity index (χ0) is 32.2. The average molecular weight is 665 g/mol. The van der Waals surface area contributed by atoms with E-state index in [1.165, 1.54) is 18.4 Å². The Morgan fingerprint density at radius 2 is 1.70 bits per heavy atom. The summed E-state index contributed by atoms with van der Waals surface area (Å²) < 4.78 is 0. The normalized spacial score (nSPS) is 20.9. The average Bonchev–Trinajstić information content (AvgIpc) is 3.46. The number of carbonyl (C=O) groups is 3. The number of nitrogens with two attached hydrogens (primary N) is 1. The molecule has 4 N–H and O–H groups in total. The second kappa shape index (κ2) is 14.7. The molecule has 5 heterocycles. The van der Waals surface area contributed by atoms with Crippen molar-refractivity contribution < 1.29 is 14.4 Å². The van der Waals surface area contributed by atoms with Crippen molar-refractivity contribution in [1.29, 1.82) is 0 Å². The highest BCUT2D eigenvalue weighted by atomic mass is 35.5. The fraction of sp³-hybridized carbons (Fsp3) is 0.571. The lowest BCUT2D eigenvalue weighted by atomic mass is 9.79. The summed E-state index contributed by atoms with van der Waals surface area (Å²) in [6.45, 7) is 5.41. The number of urea groups is 1. The Morgan fingerprint density at radius 3 is 2.41 bits per heavy atom. The van der Waals surface area contributed by atoms with Gasteiger partial charge in [0.25, 0.3) is 0 Å². The van der Waals surface area contributed by atoms with Gasteiger partial charge in [-0.15, -0.1) is 17.8 Å². The Kier molecular flexibility index (Phi) is 10.4. The molecule has 0 unspecified atom stereocenters. The van der Waals surface area contributed by atoms with Crippen LogP contribution in [-0.4, -0.2) is 84.4 Å². The van der Waals surface area contributed by atoms with Crippen molar-refractivity contribution in [3.05, 3.63) is 44.6 Å². The van der Waals surface area contributed by atoms with Crippen LogP contribution in [0.4, 0.5) is 16.2 Å². The van der Waals surface area contributed by atoms with Crippen LogP contribution in [0.1, 0.15) is 61.6 Å². The van der Waals surface area contributed by atoms with E-state index in [1.807, 2.05) is 26.1 Å². The summed E-state index contributed by atoms with van der Waals surface area (Å²) in [5.41, 5.74) is 9.82. The van der Waals surface area contributed by atoms with Gasteiger partial charge in [-0.3, -0.25) is 9.59 Å². The molecule has 0 aliphatic carbocycles. The maximum atomic E-state index is 14.1. The number of hydrogen-bond donors (Lipinski definition) is 3. The number of amides is 4. The van der Waals surface area contributed by atoms with Crippen LogP contribution in [0, 0.1) is 30.1 Å². The molecule has 0 spiro atoms. The van der Waals surface area contributed by atoms with Crippen LogP contribution in [0.3, 0.4) is 0 Å². The summed E-state index contributed by atoms with van der Waals surface area (Å²) in [4.78, 5) is 46.7. The van der Waals surface area contributed by atoms with Crippen LogP contribution in [-0.2, 0) is 22.4 Å². The first-order valence-electron chi connectivity index (χ1n) is 16.7. The van der Waals surface area contributed by atoms with Gasteiger partial charge in [-0.1, -0.05) is 17.5 Å². The fourth-order valence-corrected chi connectivity index (χ4v) is 8.94. The number of nitrogens with zero attached hydrogens (tertiary/aromatic N) is 3. The van der Waals surface area contributed by atoms with Crippen molar-refractivity contribution in [3.8, 4) is 12.3 Å². The molecule has 3 fully saturated rings. The number of halogens is 1. The first kappa shape index (κ1) is 32.7. The van der Waals surface area contributed by atoms with Gasteiger partial charge in [-0.2, -0.15) is 0 Å². The second-order valence-corrected chi connectivity index (χ2v) is 14.5. The third-order valence-electron chi connectivity index (χ3n) is 10.6. The van der Waals surface area contributed by atoms with Crippen molar-refractivity contribution in [2.45, 2.75) is 63.8 Å². The zero-order valence-electron chi connectivity index (χ0n) is 26.4. The molecular formula is C35H45ClN6O3S. The largest absolute Gasteiger partial charge is 0.397 e. The van der Waals surface area contributed by atoms with Gasteiger partial charge in [0.15, 0.2) is 0 Å². The van der Waals surface area contributed by atoms with Gasteiger partial charge < -0.3 is 31.1 Å². The smallest absolute Gasteiger partial charge is 0.322 e. The third-order valence-corrected chi connectivity index (χ3v) is 11.7. The number of anilines is 2. The maximum absolute atomic E-state index is 14.1. The fourth-order valence-electron chi connectivity index (χ4n) is 7.88. The lowest BCUT2D eigenvalue weighted by molar-refractivity contribution is -0.143. The van der Waals surface area contributed by atoms with Crippen molar-refractivity contribution in [2.24, 2.45) is 17.8 Å². The Morgan fingerprint density at radius 1 is 1.00 bits per heavy atom. The topological polar surface area (TPSA) is 111 Å². The van der Waals surface area contributed by atoms with E-state index >= 15 is 0 Å². The van der Waals surface area contributed by atoms with Gasteiger partial charge in [-0.25, -0.2) is 4.79 Å². The number of rotatable bonds is 7. The molecule has 1 atom stereocenters. The van der Waals surface area contributed by atoms with Gasteiger partial charge in [-0.05, 0) is 105 Å². The molecule has 0 radical (unpaired) electrons. The molecule has 4 aliphatic heterocycles. The lowest BCUT2D eigenvalue weighted by Crippen LogP contribution is -2.50. The molecule has 9 nitrogen and oxygen atoms in total. The third kappa shape index (κ3) is 7.32. The number of nitrogens with one attached hydrogen (secondary N) is 2. The summed E-state index contributed by atoms with van der Waals surface area (Å²) >= 11 is 8.02. The second-order valence-electron chi connectivity index (χ2n) is 13.3. The molecule has 3 saturated heterocycles. The quantitative estimate of drug-likeness (QED) is 0.290. The molecular weight excluding hydrogens is 620 g/mol. The molecule has 1 aromatic carbocycles. The number of benzene rings is 1. The Labute approximate surface area is 281 Å². The summed E-state index contributed by atoms with van der Waals surface area (Å²) in [7, 11) is 0. The van der Waals surface area contributed by atoms with E-state index < -0.39 is 5.92 Å². The van der Waals surface area contributed by atoms with Crippen molar-refractivity contribution in [1.82, 2.24) is 20.0 Å². The van der Waals surface area contributed by atoms with Gasteiger partial charge in [0.1, 0.15) is 0 Å². The highest BCUT2D eigenvalue weighted by Crippen LogP contribution is 2.33. The van der Waals surface area contributed by atoms with Gasteiger partial charge in [0, 0.05) is 56.1 Å². The van der Waals surface area contributed by atoms with E-state index in [4.69, 9.17) is 23.8 Å². The van der Waals surface area contributed by atoms with E-state index in [1.54, 1.807) is 17.4 Å². The lowest BCUT2D eigenvalue weighted by Gasteiger charge is -2.40. The number of fused-ring (bicyclic) bond motifs is 1. The van der Waals surface area contributed by atoms with Crippen molar-refractivity contribution in [2.75, 3.05) is 56.9 Å². The molecule has 246 valence electrons. The molecule has 2 aromatic rings. The molecule has 0 saturated carbocycles. The van der Waals surface area contributed by atoms with Gasteiger partial charge >= 0.3 is 6.03 Å². The number of hydrogen-bond acceptors (Lipinski definition) is 6. The molecule has 46 heavy (non-hydrogen) atoms. The highest BCUT2D eigenvalue weighted by molar-refractivity contribution is 7.08. The minimum absolute atomic E-state index is 0.0239. The molecule has 11 heteroatoms. The Hall–Kier alpha value is -3.26. The van der Waals surface area contributed by atoms with Crippen LogP contribution in [0.25, 0.3) is 0 Å². The predicted molar refractivity (Wildman–Crippen MR) is 184 cm³/mol. The van der Waals surface area contributed by atoms with Crippen LogP contribution >= 0.6 is 22.9 Å². The molecule has 0 bridgehead atoms. The summed E-state index contributed by atoms with van der Waals surface area (Å²) in [5.74, 6) is 3.45. The van der Waals surface area contributed by atoms with E-state index in [0.29, 0.717) is 61.1 Å². The van der Waals surface area contributed by atoms with E-state index in [2.05, 4.69) is 21.9 Å². The minimum atomic E-state index is -0.527. The Bertz CT molecular complexity index is 1470. The van der Waals surface area contributed by atoms with E-state index in [-0.39, 0.29) is 30.3 Å². The monoisotopic (exact) mass is 664 g/mol. The summed E-state index contributed by atoms with van der Waals surface area (Å²) in [5, 5.41) is 11.0. The van der Waals surface area contributed by atoms with Crippen LogP contribution in [0.2, 0.25) is 5.02 Å². The summed E-state index contributed by atoms with van der Waals surface area (Å²) in [6, 6.07) is 3.59. The number of carbonyl (C=O) groups excluding carboxylic acids is 3. The highest BCUT2D eigenvalue weighted by Gasteiger charge is 2.36. The van der Waals surface area contributed by atoms with Gasteiger partial charge in [0.05, 0.1) is 22.3 Å². The first-order chi connectivity index (χ1) is 22.3. The minimum Gasteiger partial charge on any atom is -0.397 e. The SMILES string of the molecule is C#Cc1cc(C[C@@H](CC(=O)N2CCC(N3CCc4cscc4NC3=O)CC2)C(=O)N2CCC(C3CCNCC3)CC2)cc(Cl)c1N. The molecule has 1 aromatic heterocycles. The molecule has 4 amide bonds. The predicted octanol–water partition coefficient (Wildman–Crippen LogP) is 4.83. The number of piperidine rings is 3. The summed E-state index contributed by atoms with van der Waals surface area (Å²) in [6.07, 6.45) is 12.9. The number of nitrogen functional groups attached to an aromatic ring is 1. The Balaban J connectivity index is 1.10. The molecule has 6 rings (SSSR count). The van der Waals surface area contributed by atoms with Gasteiger partial charge in [0.2, 0.25) is 11.8 Å². The van der Waals surface area contributed by atoms with E-state index in [9.17, 15) is 14.4 Å². The number of thiophene rings is 1. The van der Waals surface area contributed by atoms with E-state index in [0.717, 1.165) is 62.6 Å². The zero-order valence-corrected chi connectivity index (χ0v) is 28.0. The number of terminal acetylenes is 1. The maximum Gasteiger partial charge on any atom is 0.322 e. The van der Waals surface area contributed by atoms with Crippen LogP contribution in [0.15, 0.2) is 22.9 Å². The standard InChI is InChI=1S/C35H45ClN6O3S/c1-2-24-17-23(19-30(36)33(24)37)18-28(34(44)41-12-5-26(6-13-41)25-3-10-38-11-4-25)20-32(43)40-14-8-29(9-15-40)42-16-7-27-21-46-22-31(27)39-35(42)45/h1,17,19,21-22,25-26,28-29,38H,3-16,18,20,37H2,(H,39,45)/t28-/m0/s1.